The first-order valence-electron chi connectivity index (χ1n) is 12.4. The summed E-state index contributed by atoms with van der Waals surface area (Å²) in [5.74, 6) is 1.93. The maximum Gasteiger partial charge on any atom is 0.230 e. The Labute approximate surface area is 195 Å². The van der Waals surface area contributed by atoms with Crippen LogP contribution in [0, 0.1) is 11.8 Å². The van der Waals surface area contributed by atoms with Gasteiger partial charge in [0.15, 0.2) is 0 Å². The van der Waals surface area contributed by atoms with Gasteiger partial charge in [0.25, 0.3) is 0 Å². The molecule has 1 saturated carbocycles. The van der Waals surface area contributed by atoms with Gasteiger partial charge in [-0.2, -0.15) is 0 Å². The molecule has 0 aromatic heterocycles. The van der Waals surface area contributed by atoms with E-state index in [1.54, 1.807) is 0 Å². The van der Waals surface area contributed by atoms with Crippen molar-refractivity contribution < 1.29 is 19.1 Å². The Kier molecular flexibility index (Phi) is 6.54. The number of carbonyl (C=O) groups excluding carboxylic acids is 2. The first-order chi connectivity index (χ1) is 16.1. The topological polar surface area (TPSA) is 67.9 Å². The number of imide groups is 1. The predicted octanol–water partition coefficient (Wildman–Crippen LogP) is 4.26. The van der Waals surface area contributed by atoms with Crippen LogP contribution in [0.3, 0.4) is 0 Å². The van der Waals surface area contributed by atoms with Gasteiger partial charge in [-0.15, -0.1) is 0 Å². The van der Waals surface area contributed by atoms with Crippen molar-refractivity contribution >= 4 is 22.6 Å². The zero-order chi connectivity index (χ0) is 22.8. The molecule has 1 N–H and O–H groups in total. The van der Waals surface area contributed by atoms with Crippen LogP contribution in [0.5, 0.6) is 11.5 Å². The number of hydrogen-bond acceptors (Lipinski definition) is 5. The summed E-state index contributed by atoms with van der Waals surface area (Å²) < 4.78 is 12.0. The maximum atomic E-state index is 12.5. The minimum atomic E-state index is -0.231. The van der Waals surface area contributed by atoms with Crippen LogP contribution in [0.4, 0.5) is 0 Å². The third-order valence-electron chi connectivity index (χ3n) is 7.59. The summed E-state index contributed by atoms with van der Waals surface area (Å²) in [6, 6.07) is 10.2. The highest BCUT2D eigenvalue weighted by Gasteiger charge is 2.39. The minimum Gasteiger partial charge on any atom is -0.493 e. The summed E-state index contributed by atoms with van der Waals surface area (Å²) in [6.45, 7) is 3.23. The lowest BCUT2D eigenvalue weighted by molar-refractivity contribution is -0.137. The van der Waals surface area contributed by atoms with Crippen LogP contribution in [-0.2, 0) is 9.59 Å². The Bertz CT molecular complexity index is 1030. The lowest BCUT2D eigenvalue weighted by atomic mass is 9.80. The largest absolute Gasteiger partial charge is 0.493 e. The van der Waals surface area contributed by atoms with Gasteiger partial charge in [0.1, 0.15) is 18.1 Å². The van der Waals surface area contributed by atoms with Crippen LogP contribution in [0.2, 0.25) is 0 Å². The van der Waals surface area contributed by atoms with Crippen molar-refractivity contribution in [2.45, 2.75) is 50.9 Å². The van der Waals surface area contributed by atoms with E-state index in [0.717, 1.165) is 46.8 Å². The molecular formula is C27H34N2O4. The Balaban J connectivity index is 1.24. The minimum absolute atomic E-state index is 0.0306. The van der Waals surface area contributed by atoms with E-state index >= 15 is 0 Å². The number of likely N-dealkylation sites (N-methyl/N-ethyl adjacent to an activating group) is 1. The molecule has 33 heavy (non-hydrogen) atoms. The molecule has 2 aliphatic heterocycles. The van der Waals surface area contributed by atoms with Crippen molar-refractivity contribution in [3.63, 3.8) is 0 Å². The summed E-state index contributed by atoms with van der Waals surface area (Å²) in [5, 5.41) is 4.68. The van der Waals surface area contributed by atoms with Gasteiger partial charge in [-0.3, -0.25) is 14.9 Å². The normalized spacial score (nSPS) is 23.5. The van der Waals surface area contributed by atoms with Crippen LogP contribution in [-0.4, -0.2) is 50.1 Å². The van der Waals surface area contributed by atoms with Crippen LogP contribution < -0.4 is 14.8 Å². The maximum absolute atomic E-state index is 12.5. The number of benzene rings is 2. The molecule has 0 radical (unpaired) electrons. The fourth-order valence-corrected chi connectivity index (χ4v) is 5.81. The molecule has 3 aliphatic rings. The summed E-state index contributed by atoms with van der Waals surface area (Å²) in [5.41, 5.74) is 1.08. The predicted molar refractivity (Wildman–Crippen MR) is 128 cm³/mol. The highest BCUT2D eigenvalue weighted by molar-refractivity contribution is 6.00. The first-order valence-corrected chi connectivity index (χ1v) is 12.4. The lowest BCUT2D eigenvalue weighted by Crippen LogP contribution is -2.43. The highest BCUT2D eigenvalue weighted by Crippen LogP contribution is 2.45. The van der Waals surface area contributed by atoms with Crippen molar-refractivity contribution in [2.75, 3.05) is 33.4 Å². The highest BCUT2D eigenvalue weighted by atomic mass is 16.5. The summed E-state index contributed by atoms with van der Waals surface area (Å²) >= 11 is 0. The van der Waals surface area contributed by atoms with Gasteiger partial charge in [-0.25, -0.2) is 0 Å². The molecule has 2 heterocycles. The van der Waals surface area contributed by atoms with Gasteiger partial charge < -0.3 is 14.4 Å². The van der Waals surface area contributed by atoms with Crippen LogP contribution >= 0.6 is 0 Å². The van der Waals surface area contributed by atoms with Gasteiger partial charge in [-0.05, 0) is 61.2 Å². The van der Waals surface area contributed by atoms with Crippen molar-refractivity contribution in [1.29, 1.82) is 0 Å². The van der Waals surface area contributed by atoms with E-state index in [1.807, 2.05) is 12.1 Å². The average molecular weight is 451 g/mol. The van der Waals surface area contributed by atoms with Crippen molar-refractivity contribution in [1.82, 2.24) is 10.2 Å². The molecule has 2 aromatic rings. The molecule has 1 unspecified atom stereocenters. The molecule has 1 saturated heterocycles. The Morgan fingerprint density at radius 2 is 1.91 bits per heavy atom. The van der Waals surface area contributed by atoms with Gasteiger partial charge in [0.05, 0.1) is 6.61 Å². The van der Waals surface area contributed by atoms with Crippen molar-refractivity contribution in [3.8, 4) is 11.5 Å². The molecule has 2 aromatic carbocycles. The molecule has 5 rings (SSSR count). The molecule has 2 atom stereocenters. The van der Waals surface area contributed by atoms with E-state index in [9.17, 15) is 9.59 Å². The van der Waals surface area contributed by atoms with E-state index in [1.165, 1.54) is 32.1 Å². The Hall–Kier alpha value is -2.60. The average Bonchev–Trinajstić information content (AvgIpc) is 3.24. The number of rotatable bonds is 7. The summed E-state index contributed by atoms with van der Waals surface area (Å²) in [4.78, 5) is 26.5. The number of hydrogen-bond donors (Lipinski definition) is 1. The third-order valence-corrected chi connectivity index (χ3v) is 7.59. The molecule has 6 nitrogen and oxygen atoms in total. The van der Waals surface area contributed by atoms with Crippen LogP contribution in [0.15, 0.2) is 30.3 Å². The zero-order valence-electron chi connectivity index (χ0n) is 19.5. The third kappa shape index (κ3) is 4.86. The molecule has 0 spiro atoms. The fraction of sp³-hybridized carbons (Fsp3) is 0.556. The molecule has 1 aliphatic carbocycles. The van der Waals surface area contributed by atoms with E-state index in [0.29, 0.717) is 26.1 Å². The number of nitrogens with zero attached hydrogens (tertiary/aromatic N) is 1. The summed E-state index contributed by atoms with van der Waals surface area (Å²) in [7, 11) is 2.19. The number of carbonyl (C=O) groups is 2. The van der Waals surface area contributed by atoms with E-state index < -0.39 is 0 Å². The van der Waals surface area contributed by atoms with Crippen LogP contribution in [0.1, 0.15) is 56.4 Å². The van der Waals surface area contributed by atoms with E-state index in [2.05, 4.69) is 35.5 Å². The monoisotopic (exact) mass is 450 g/mol. The number of piperidine rings is 1. The van der Waals surface area contributed by atoms with Gasteiger partial charge >= 0.3 is 0 Å². The van der Waals surface area contributed by atoms with Crippen LogP contribution in [0.25, 0.3) is 10.8 Å². The smallest absolute Gasteiger partial charge is 0.230 e. The van der Waals surface area contributed by atoms with Crippen molar-refractivity contribution in [3.05, 3.63) is 35.9 Å². The van der Waals surface area contributed by atoms with E-state index in [-0.39, 0.29) is 23.7 Å². The lowest BCUT2D eigenvalue weighted by Gasteiger charge is -2.27. The number of amides is 2. The second kappa shape index (κ2) is 9.72. The van der Waals surface area contributed by atoms with Gasteiger partial charge in [0, 0.05) is 36.9 Å². The number of ether oxygens (including phenoxy) is 2. The Morgan fingerprint density at radius 1 is 1.06 bits per heavy atom. The second-order valence-electron chi connectivity index (χ2n) is 9.95. The Morgan fingerprint density at radius 3 is 2.73 bits per heavy atom. The standard InChI is InChI=1S/C27H34N2O4/c1-29(16-18-5-3-2-4-6-18)13-14-32-20-8-9-21-19(15-20)7-11-24-26(21)23(17-33-24)22-10-12-25(30)28-27(22)31/h7-9,11,15,18,22-23H,2-6,10,12-14,16-17H2,1H3,(H,28,30,31)/t22-,23?/m1/s1. The summed E-state index contributed by atoms with van der Waals surface area (Å²) in [6.07, 6.45) is 7.85. The molecule has 6 heteroatoms. The molecule has 2 fully saturated rings. The molecule has 176 valence electrons. The van der Waals surface area contributed by atoms with E-state index in [4.69, 9.17) is 9.47 Å². The quantitative estimate of drug-likeness (QED) is 0.639. The van der Waals surface area contributed by atoms with Crippen molar-refractivity contribution in [2.24, 2.45) is 11.8 Å². The molecule has 2 amide bonds. The van der Waals surface area contributed by atoms with Gasteiger partial charge in [0.2, 0.25) is 11.8 Å². The fourth-order valence-electron chi connectivity index (χ4n) is 5.81. The number of fused-ring (bicyclic) bond motifs is 3. The van der Waals surface area contributed by atoms with Gasteiger partial charge in [-0.1, -0.05) is 31.4 Å². The zero-order valence-corrected chi connectivity index (χ0v) is 19.5. The molecular weight excluding hydrogens is 416 g/mol. The second-order valence-corrected chi connectivity index (χ2v) is 9.95. The first kappa shape index (κ1) is 22.2. The SMILES string of the molecule is CN(CCOc1ccc2c3c(ccc2c1)OCC3[C@H]1CCC(=O)NC1=O)CC1CCCCC1. The molecule has 0 bridgehead atoms. The number of nitrogens with one attached hydrogen (secondary N) is 1.